The van der Waals surface area contributed by atoms with Crippen molar-refractivity contribution in [2.24, 2.45) is 0 Å². The number of halogens is 1. The van der Waals surface area contributed by atoms with Gasteiger partial charge in [-0.3, -0.25) is 0 Å². The fourth-order valence-corrected chi connectivity index (χ4v) is 3.23. The molecule has 0 saturated heterocycles. The van der Waals surface area contributed by atoms with Gasteiger partial charge < -0.3 is 4.74 Å². The van der Waals surface area contributed by atoms with Gasteiger partial charge in [-0.1, -0.05) is 12.1 Å². The van der Waals surface area contributed by atoms with Crippen LogP contribution >= 0.6 is 0 Å². The van der Waals surface area contributed by atoms with Gasteiger partial charge in [-0.15, -0.1) is 0 Å². The highest BCUT2D eigenvalue weighted by Gasteiger charge is 2.18. The van der Waals surface area contributed by atoms with E-state index in [9.17, 15) is 12.8 Å². The molecular formula is C16H18FNO3S. The summed E-state index contributed by atoms with van der Waals surface area (Å²) >= 11 is 0. The highest BCUT2D eigenvalue weighted by atomic mass is 32.2. The second-order valence-electron chi connectivity index (χ2n) is 4.80. The second-order valence-corrected chi connectivity index (χ2v) is 6.51. The maximum atomic E-state index is 12.9. The molecule has 0 radical (unpaired) electrons. The van der Waals surface area contributed by atoms with Gasteiger partial charge in [0.15, 0.2) is 0 Å². The van der Waals surface area contributed by atoms with Gasteiger partial charge in [-0.25, -0.2) is 17.5 Å². The van der Waals surface area contributed by atoms with E-state index < -0.39 is 21.9 Å². The zero-order valence-electron chi connectivity index (χ0n) is 12.4. The Morgan fingerprint density at radius 3 is 2.23 bits per heavy atom. The molecule has 0 unspecified atom stereocenters. The number of nitrogens with one attached hydrogen (secondary N) is 1. The van der Waals surface area contributed by atoms with Gasteiger partial charge in [0, 0.05) is 6.04 Å². The minimum absolute atomic E-state index is 0.0340. The molecule has 0 aromatic heterocycles. The molecule has 0 amide bonds. The SMILES string of the molecule is CCOc1ccc([C@H](C)NS(=O)(=O)c2ccc(F)cc2)cc1. The molecule has 1 atom stereocenters. The Morgan fingerprint density at radius 2 is 1.68 bits per heavy atom. The first-order chi connectivity index (χ1) is 10.4. The minimum atomic E-state index is -3.69. The molecule has 0 aliphatic heterocycles. The summed E-state index contributed by atoms with van der Waals surface area (Å²) in [6.45, 7) is 4.22. The fourth-order valence-electron chi connectivity index (χ4n) is 2.00. The van der Waals surface area contributed by atoms with Crippen LogP contribution in [0.1, 0.15) is 25.5 Å². The molecule has 2 rings (SSSR count). The maximum Gasteiger partial charge on any atom is 0.241 e. The van der Waals surface area contributed by atoms with Gasteiger partial charge in [-0.05, 0) is 55.8 Å². The van der Waals surface area contributed by atoms with E-state index in [1.54, 1.807) is 19.1 Å². The summed E-state index contributed by atoms with van der Waals surface area (Å²) in [6.07, 6.45) is 0. The van der Waals surface area contributed by atoms with E-state index >= 15 is 0 Å². The first-order valence-corrected chi connectivity index (χ1v) is 8.41. The Kier molecular flexibility index (Phi) is 5.15. The van der Waals surface area contributed by atoms with Crippen LogP contribution in [0.4, 0.5) is 4.39 Å². The Morgan fingerprint density at radius 1 is 1.09 bits per heavy atom. The van der Waals surface area contributed by atoms with E-state index in [4.69, 9.17) is 4.74 Å². The molecule has 6 heteroatoms. The molecular weight excluding hydrogens is 305 g/mol. The van der Waals surface area contributed by atoms with Crippen molar-refractivity contribution < 1.29 is 17.5 Å². The van der Waals surface area contributed by atoms with Crippen molar-refractivity contribution >= 4 is 10.0 Å². The molecule has 4 nitrogen and oxygen atoms in total. The fraction of sp³-hybridized carbons (Fsp3) is 0.250. The average Bonchev–Trinajstić information content (AvgIpc) is 2.48. The summed E-state index contributed by atoms with van der Waals surface area (Å²) < 4.78 is 45.3. The zero-order chi connectivity index (χ0) is 16.2. The smallest absolute Gasteiger partial charge is 0.241 e. The third kappa shape index (κ3) is 4.05. The van der Waals surface area contributed by atoms with Gasteiger partial charge in [0.05, 0.1) is 11.5 Å². The number of sulfonamides is 1. The van der Waals surface area contributed by atoms with Crippen molar-refractivity contribution in [1.29, 1.82) is 0 Å². The predicted octanol–water partition coefficient (Wildman–Crippen LogP) is 3.26. The van der Waals surface area contributed by atoms with Crippen molar-refractivity contribution in [3.63, 3.8) is 0 Å². The molecule has 118 valence electrons. The molecule has 0 heterocycles. The molecule has 0 aliphatic rings. The van der Waals surface area contributed by atoms with Crippen LogP contribution in [-0.4, -0.2) is 15.0 Å². The normalized spacial score (nSPS) is 12.9. The number of rotatable bonds is 6. The quantitative estimate of drug-likeness (QED) is 0.888. The van der Waals surface area contributed by atoms with Gasteiger partial charge in [0.2, 0.25) is 10.0 Å². The predicted molar refractivity (Wildman–Crippen MR) is 82.7 cm³/mol. The lowest BCUT2D eigenvalue weighted by molar-refractivity contribution is 0.340. The van der Waals surface area contributed by atoms with Crippen molar-refractivity contribution in [2.75, 3.05) is 6.61 Å². The van der Waals surface area contributed by atoms with Crippen LogP contribution in [0, 0.1) is 5.82 Å². The van der Waals surface area contributed by atoms with E-state index in [1.165, 1.54) is 12.1 Å². The van der Waals surface area contributed by atoms with Crippen LogP contribution in [0.3, 0.4) is 0 Å². The second kappa shape index (κ2) is 6.89. The number of benzene rings is 2. The Bertz CT molecular complexity index is 712. The van der Waals surface area contributed by atoms with E-state index in [1.807, 2.05) is 19.1 Å². The van der Waals surface area contributed by atoms with Crippen LogP contribution in [0.15, 0.2) is 53.4 Å². The standard InChI is InChI=1S/C16H18FNO3S/c1-3-21-15-8-4-13(5-9-15)12(2)18-22(19,20)16-10-6-14(17)7-11-16/h4-12,18H,3H2,1-2H3/t12-/m0/s1. The van der Waals surface area contributed by atoms with E-state index in [2.05, 4.69) is 4.72 Å². The van der Waals surface area contributed by atoms with Gasteiger partial charge in [0.25, 0.3) is 0 Å². The first-order valence-electron chi connectivity index (χ1n) is 6.93. The van der Waals surface area contributed by atoms with Crippen molar-refractivity contribution in [3.05, 3.63) is 59.9 Å². The summed E-state index contributed by atoms with van der Waals surface area (Å²) in [6, 6.07) is 11.5. The highest BCUT2D eigenvalue weighted by molar-refractivity contribution is 7.89. The van der Waals surface area contributed by atoms with Crippen molar-refractivity contribution in [3.8, 4) is 5.75 Å². The van der Waals surface area contributed by atoms with Gasteiger partial charge >= 0.3 is 0 Å². The lowest BCUT2D eigenvalue weighted by atomic mass is 10.1. The van der Waals surface area contributed by atoms with Crippen LogP contribution in [-0.2, 0) is 10.0 Å². The van der Waals surface area contributed by atoms with Gasteiger partial charge in [0.1, 0.15) is 11.6 Å². The van der Waals surface area contributed by atoms with Crippen molar-refractivity contribution in [2.45, 2.75) is 24.8 Å². The monoisotopic (exact) mass is 323 g/mol. The molecule has 0 saturated carbocycles. The topological polar surface area (TPSA) is 55.4 Å². The molecule has 0 fully saturated rings. The number of hydrogen-bond acceptors (Lipinski definition) is 3. The lowest BCUT2D eigenvalue weighted by Crippen LogP contribution is -2.26. The number of hydrogen-bond donors (Lipinski definition) is 1. The Balaban J connectivity index is 2.13. The van der Waals surface area contributed by atoms with Crippen LogP contribution in [0.25, 0.3) is 0 Å². The van der Waals surface area contributed by atoms with E-state index in [0.29, 0.717) is 6.61 Å². The number of ether oxygens (including phenoxy) is 1. The van der Waals surface area contributed by atoms with Crippen LogP contribution < -0.4 is 9.46 Å². The van der Waals surface area contributed by atoms with E-state index in [-0.39, 0.29) is 4.90 Å². The molecule has 1 N–H and O–H groups in total. The summed E-state index contributed by atoms with van der Waals surface area (Å²) in [7, 11) is -3.69. The highest BCUT2D eigenvalue weighted by Crippen LogP contribution is 2.20. The molecule has 2 aromatic rings. The first kappa shape index (κ1) is 16.5. The van der Waals surface area contributed by atoms with Crippen LogP contribution in [0.2, 0.25) is 0 Å². The summed E-state index contributed by atoms with van der Waals surface area (Å²) in [4.78, 5) is 0.0340. The Hall–Kier alpha value is -1.92. The summed E-state index contributed by atoms with van der Waals surface area (Å²) in [5, 5.41) is 0. The molecule has 2 aromatic carbocycles. The summed E-state index contributed by atoms with van der Waals surface area (Å²) in [5.74, 6) is 0.262. The minimum Gasteiger partial charge on any atom is -0.494 e. The molecule has 0 aliphatic carbocycles. The average molecular weight is 323 g/mol. The molecule has 0 spiro atoms. The summed E-state index contributed by atoms with van der Waals surface area (Å²) in [5.41, 5.74) is 0.814. The van der Waals surface area contributed by atoms with Gasteiger partial charge in [-0.2, -0.15) is 0 Å². The Labute approximate surface area is 130 Å². The maximum absolute atomic E-state index is 12.9. The zero-order valence-corrected chi connectivity index (χ0v) is 13.2. The molecule has 0 bridgehead atoms. The molecule has 22 heavy (non-hydrogen) atoms. The third-order valence-corrected chi connectivity index (χ3v) is 4.70. The third-order valence-electron chi connectivity index (χ3n) is 3.15. The van der Waals surface area contributed by atoms with E-state index in [0.717, 1.165) is 23.4 Å². The lowest BCUT2D eigenvalue weighted by Gasteiger charge is -2.15. The van der Waals surface area contributed by atoms with Crippen LogP contribution in [0.5, 0.6) is 5.75 Å². The largest absolute Gasteiger partial charge is 0.494 e. The van der Waals surface area contributed by atoms with Crippen molar-refractivity contribution in [1.82, 2.24) is 4.72 Å².